The van der Waals surface area contributed by atoms with Crippen molar-refractivity contribution < 1.29 is 4.43 Å². The molecule has 1 aromatic rings. The summed E-state index contributed by atoms with van der Waals surface area (Å²) in [5.41, 5.74) is 1.11. The summed E-state index contributed by atoms with van der Waals surface area (Å²) in [4.78, 5) is 4.08. The summed E-state index contributed by atoms with van der Waals surface area (Å²) in [5, 5.41) is 0.892. The zero-order valence-corrected chi connectivity index (χ0v) is 13.8. The maximum Gasteiger partial charge on any atom is 0.191 e. The molecule has 1 heterocycles. The highest BCUT2D eigenvalue weighted by atomic mass is 35.5. The van der Waals surface area contributed by atoms with Gasteiger partial charge in [0.25, 0.3) is 0 Å². The number of aromatic nitrogens is 1. The lowest BCUT2D eigenvalue weighted by Gasteiger charge is -2.36. The Kier molecular flexibility index (Phi) is 5.38. The number of hydrogen-bond donors (Lipinski definition) is 0. The summed E-state index contributed by atoms with van der Waals surface area (Å²) in [7, 11) is -1.61. The first kappa shape index (κ1) is 15.7. The van der Waals surface area contributed by atoms with Gasteiger partial charge in [0.05, 0.1) is 0 Å². The Balaban J connectivity index is 2.38. The Morgan fingerprint density at radius 2 is 2.00 bits per heavy atom. The molecule has 2 nitrogen and oxygen atoms in total. The van der Waals surface area contributed by atoms with Crippen molar-refractivity contribution in [3.8, 4) is 0 Å². The van der Waals surface area contributed by atoms with Crippen LogP contribution in [0.25, 0.3) is 0 Å². The lowest BCUT2D eigenvalue weighted by Crippen LogP contribution is -2.41. The fourth-order valence-electron chi connectivity index (χ4n) is 1.41. The van der Waals surface area contributed by atoms with Crippen molar-refractivity contribution in [3.63, 3.8) is 0 Å². The van der Waals surface area contributed by atoms with Crippen LogP contribution in [-0.4, -0.2) is 19.9 Å². The summed E-state index contributed by atoms with van der Waals surface area (Å²) < 4.78 is 6.13. The molecule has 18 heavy (non-hydrogen) atoms. The SMILES string of the molecule is CC(C)(C)[Si](C)(C)OCCCc1cccnc1Cl. The largest absolute Gasteiger partial charge is 0.417 e. The van der Waals surface area contributed by atoms with Crippen LogP contribution in [0.3, 0.4) is 0 Å². The smallest absolute Gasteiger partial charge is 0.191 e. The van der Waals surface area contributed by atoms with Crippen LogP contribution in [-0.2, 0) is 10.8 Å². The average molecular weight is 286 g/mol. The van der Waals surface area contributed by atoms with Gasteiger partial charge >= 0.3 is 0 Å². The number of halogens is 1. The molecule has 1 rings (SSSR count). The van der Waals surface area contributed by atoms with Crippen molar-refractivity contribution in [1.82, 2.24) is 4.98 Å². The lowest BCUT2D eigenvalue weighted by molar-refractivity contribution is 0.282. The number of rotatable bonds is 5. The summed E-state index contributed by atoms with van der Waals surface area (Å²) >= 11 is 6.02. The highest BCUT2D eigenvalue weighted by Crippen LogP contribution is 2.36. The fraction of sp³-hybridized carbons (Fsp3) is 0.643. The monoisotopic (exact) mass is 285 g/mol. The minimum Gasteiger partial charge on any atom is -0.417 e. The number of hydrogen-bond acceptors (Lipinski definition) is 2. The lowest BCUT2D eigenvalue weighted by atomic mass is 10.2. The topological polar surface area (TPSA) is 22.1 Å². The van der Waals surface area contributed by atoms with Crippen LogP contribution in [0.1, 0.15) is 32.8 Å². The second-order valence-electron chi connectivity index (χ2n) is 6.17. The van der Waals surface area contributed by atoms with Gasteiger partial charge in [0, 0.05) is 12.8 Å². The van der Waals surface area contributed by atoms with Crippen LogP contribution in [0.4, 0.5) is 0 Å². The fourth-order valence-corrected chi connectivity index (χ4v) is 2.71. The van der Waals surface area contributed by atoms with Crippen molar-refractivity contribution >= 4 is 19.9 Å². The molecule has 0 N–H and O–H groups in total. The minimum atomic E-state index is -1.61. The second kappa shape index (κ2) is 6.18. The zero-order valence-electron chi connectivity index (χ0n) is 12.1. The molecule has 0 unspecified atom stereocenters. The minimum absolute atomic E-state index is 0.277. The first-order chi connectivity index (χ1) is 8.24. The molecule has 0 aliphatic rings. The van der Waals surface area contributed by atoms with Crippen molar-refractivity contribution in [2.45, 2.75) is 51.7 Å². The maximum atomic E-state index is 6.13. The Morgan fingerprint density at radius 3 is 2.56 bits per heavy atom. The van der Waals surface area contributed by atoms with E-state index in [0.29, 0.717) is 5.15 Å². The predicted octanol–water partition coefficient (Wildman–Crippen LogP) is 4.69. The van der Waals surface area contributed by atoms with Crippen molar-refractivity contribution in [1.29, 1.82) is 0 Å². The molecule has 0 aromatic carbocycles. The van der Waals surface area contributed by atoms with E-state index in [1.54, 1.807) is 6.20 Å². The summed E-state index contributed by atoms with van der Waals surface area (Å²) in [5.74, 6) is 0. The third-order valence-corrected chi connectivity index (χ3v) is 8.57. The molecule has 0 spiro atoms. The van der Waals surface area contributed by atoms with Gasteiger partial charge < -0.3 is 4.43 Å². The van der Waals surface area contributed by atoms with Gasteiger partial charge in [-0.15, -0.1) is 0 Å². The van der Waals surface area contributed by atoms with E-state index in [4.69, 9.17) is 16.0 Å². The Hall–Kier alpha value is -0.383. The molecule has 4 heteroatoms. The zero-order chi connectivity index (χ0) is 13.8. The molecule has 0 saturated heterocycles. The Labute approximate surface area is 117 Å². The summed E-state index contributed by atoms with van der Waals surface area (Å²) in [6, 6.07) is 3.96. The molecular weight excluding hydrogens is 262 g/mol. The molecule has 0 fully saturated rings. The molecule has 0 aliphatic heterocycles. The van der Waals surface area contributed by atoms with E-state index in [1.807, 2.05) is 12.1 Å². The van der Waals surface area contributed by atoms with Crippen LogP contribution < -0.4 is 0 Å². The van der Waals surface area contributed by atoms with E-state index in [0.717, 1.165) is 25.0 Å². The normalized spacial score (nSPS) is 12.8. The molecule has 0 radical (unpaired) electrons. The molecule has 0 amide bonds. The van der Waals surface area contributed by atoms with Gasteiger partial charge in [0.15, 0.2) is 8.32 Å². The van der Waals surface area contributed by atoms with Crippen LogP contribution >= 0.6 is 11.6 Å². The van der Waals surface area contributed by atoms with E-state index in [2.05, 4.69) is 38.8 Å². The average Bonchev–Trinajstić information content (AvgIpc) is 2.25. The van der Waals surface area contributed by atoms with E-state index in [9.17, 15) is 0 Å². The third-order valence-electron chi connectivity index (χ3n) is 3.70. The van der Waals surface area contributed by atoms with Gasteiger partial charge in [0.2, 0.25) is 0 Å². The van der Waals surface area contributed by atoms with Gasteiger partial charge in [-0.25, -0.2) is 4.98 Å². The van der Waals surface area contributed by atoms with E-state index < -0.39 is 8.32 Å². The van der Waals surface area contributed by atoms with Crippen LogP contribution in [0.15, 0.2) is 18.3 Å². The van der Waals surface area contributed by atoms with E-state index in [1.165, 1.54) is 0 Å². The molecule has 0 saturated carbocycles. The molecule has 0 aliphatic carbocycles. The molecular formula is C14H24ClNOSi. The molecule has 1 aromatic heterocycles. The van der Waals surface area contributed by atoms with Crippen molar-refractivity contribution in [2.75, 3.05) is 6.61 Å². The predicted molar refractivity (Wildman–Crippen MR) is 80.7 cm³/mol. The summed E-state index contributed by atoms with van der Waals surface area (Å²) in [6.45, 7) is 12.2. The van der Waals surface area contributed by atoms with Gasteiger partial charge in [0.1, 0.15) is 5.15 Å². The second-order valence-corrected chi connectivity index (χ2v) is 11.3. The first-order valence-corrected chi connectivity index (χ1v) is 9.76. The summed E-state index contributed by atoms with van der Waals surface area (Å²) in [6.07, 6.45) is 3.65. The quantitative estimate of drug-likeness (QED) is 0.445. The number of aryl methyl sites for hydroxylation is 1. The number of pyridine rings is 1. The van der Waals surface area contributed by atoms with Gasteiger partial charge in [-0.3, -0.25) is 0 Å². The third kappa shape index (κ3) is 4.37. The Bertz CT molecular complexity index is 388. The molecule has 102 valence electrons. The number of nitrogens with zero attached hydrogens (tertiary/aromatic N) is 1. The standard InChI is InChI=1S/C14H24ClNOSi/c1-14(2,3)18(4,5)17-11-7-9-12-8-6-10-16-13(12)15/h6,8,10H,7,9,11H2,1-5H3. The molecule has 0 atom stereocenters. The van der Waals surface area contributed by atoms with E-state index >= 15 is 0 Å². The first-order valence-electron chi connectivity index (χ1n) is 6.47. The van der Waals surface area contributed by atoms with Gasteiger partial charge in [-0.05, 0) is 42.6 Å². The van der Waals surface area contributed by atoms with Crippen molar-refractivity contribution in [3.05, 3.63) is 29.0 Å². The van der Waals surface area contributed by atoms with Gasteiger partial charge in [-0.1, -0.05) is 38.4 Å². The van der Waals surface area contributed by atoms with Crippen LogP contribution in [0.2, 0.25) is 23.3 Å². The van der Waals surface area contributed by atoms with Crippen LogP contribution in [0.5, 0.6) is 0 Å². The maximum absolute atomic E-state index is 6.13. The molecule has 0 bridgehead atoms. The highest BCUT2D eigenvalue weighted by Gasteiger charge is 2.36. The van der Waals surface area contributed by atoms with Crippen molar-refractivity contribution in [2.24, 2.45) is 0 Å². The van der Waals surface area contributed by atoms with Gasteiger partial charge in [-0.2, -0.15) is 0 Å². The highest BCUT2D eigenvalue weighted by molar-refractivity contribution is 6.74. The van der Waals surface area contributed by atoms with E-state index in [-0.39, 0.29) is 5.04 Å². The Morgan fingerprint density at radius 1 is 1.33 bits per heavy atom. The van der Waals surface area contributed by atoms with Crippen LogP contribution in [0, 0.1) is 0 Å².